The van der Waals surface area contributed by atoms with Crippen molar-refractivity contribution in [2.24, 2.45) is 0 Å². The summed E-state index contributed by atoms with van der Waals surface area (Å²) in [7, 11) is 3.22. The molecule has 1 aromatic carbocycles. The maximum atomic E-state index is 11.3. The van der Waals surface area contributed by atoms with E-state index in [1.54, 1.807) is 21.1 Å². The zero-order valence-corrected chi connectivity index (χ0v) is 12.7. The van der Waals surface area contributed by atoms with Gasteiger partial charge < -0.3 is 19.9 Å². The fourth-order valence-corrected chi connectivity index (χ4v) is 2.00. The maximum Gasteiger partial charge on any atom is 0.323 e. The van der Waals surface area contributed by atoms with Crippen molar-refractivity contribution >= 4 is 5.97 Å². The molecular formula is C15H23NO4. The molecule has 0 saturated carbocycles. The van der Waals surface area contributed by atoms with E-state index in [9.17, 15) is 9.90 Å². The topological polar surface area (TPSA) is 67.8 Å². The van der Waals surface area contributed by atoms with Crippen molar-refractivity contribution in [1.82, 2.24) is 5.32 Å². The number of aryl methyl sites for hydroxylation is 1. The lowest BCUT2D eigenvalue weighted by molar-refractivity contribution is -0.145. The summed E-state index contributed by atoms with van der Waals surface area (Å²) in [6, 6.07) is 5.65. The summed E-state index contributed by atoms with van der Waals surface area (Å²) in [4.78, 5) is 11.3. The Kier molecular flexibility index (Phi) is 5.39. The average Bonchev–Trinajstić information content (AvgIpc) is 2.40. The van der Waals surface area contributed by atoms with Crippen molar-refractivity contribution in [1.29, 1.82) is 0 Å². The number of carboxylic acids is 1. The van der Waals surface area contributed by atoms with Crippen LogP contribution < -0.4 is 14.8 Å². The molecule has 0 aromatic heterocycles. The minimum absolute atomic E-state index is 0.264. The standard InChI is InChI=1S/C15H23NO4/c1-10-6-7-12(13(8-10)19-5)20-11(2)9-15(3,16-4)14(17)18/h6-8,11,16H,9H2,1-5H3,(H,17,18). The first kappa shape index (κ1) is 16.3. The summed E-state index contributed by atoms with van der Waals surface area (Å²) in [5.41, 5.74) is 0.0598. The van der Waals surface area contributed by atoms with Gasteiger partial charge in [0.25, 0.3) is 0 Å². The van der Waals surface area contributed by atoms with Gasteiger partial charge in [-0.15, -0.1) is 0 Å². The number of hydrogen-bond donors (Lipinski definition) is 2. The molecule has 2 unspecified atom stereocenters. The Morgan fingerprint density at radius 2 is 2.10 bits per heavy atom. The number of aliphatic carboxylic acids is 1. The largest absolute Gasteiger partial charge is 0.493 e. The second kappa shape index (κ2) is 6.61. The lowest BCUT2D eigenvalue weighted by Gasteiger charge is -2.28. The summed E-state index contributed by atoms with van der Waals surface area (Å²) in [6.07, 6.45) is 0.0794. The van der Waals surface area contributed by atoms with Crippen LogP contribution in [0.5, 0.6) is 11.5 Å². The molecule has 1 rings (SSSR count). The van der Waals surface area contributed by atoms with E-state index in [1.807, 2.05) is 32.0 Å². The fraction of sp³-hybridized carbons (Fsp3) is 0.533. The highest BCUT2D eigenvalue weighted by Crippen LogP contribution is 2.29. The summed E-state index contributed by atoms with van der Waals surface area (Å²) in [5, 5.41) is 12.1. The van der Waals surface area contributed by atoms with Crippen molar-refractivity contribution < 1.29 is 19.4 Å². The molecule has 0 aliphatic carbocycles. The fourth-order valence-electron chi connectivity index (χ4n) is 2.00. The van der Waals surface area contributed by atoms with E-state index < -0.39 is 11.5 Å². The van der Waals surface area contributed by atoms with E-state index in [0.717, 1.165) is 5.56 Å². The molecule has 0 amide bonds. The predicted octanol–water partition coefficient (Wildman–Crippen LogP) is 2.22. The minimum Gasteiger partial charge on any atom is -0.493 e. The van der Waals surface area contributed by atoms with Crippen molar-refractivity contribution in [3.63, 3.8) is 0 Å². The number of methoxy groups -OCH3 is 1. The molecule has 0 aliphatic rings. The van der Waals surface area contributed by atoms with Crippen LogP contribution in [0, 0.1) is 6.92 Å². The van der Waals surface area contributed by atoms with Gasteiger partial charge in [-0.3, -0.25) is 4.79 Å². The molecule has 0 radical (unpaired) electrons. The first-order chi connectivity index (χ1) is 9.32. The predicted molar refractivity (Wildman–Crippen MR) is 77.5 cm³/mol. The molecule has 0 bridgehead atoms. The van der Waals surface area contributed by atoms with Crippen LogP contribution in [0.1, 0.15) is 25.8 Å². The van der Waals surface area contributed by atoms with Crippen LogP contribution in [0.2, 0.25) is 0 Å². The minimum atomic E-state index is -1.02. The number of carboxylic acid groups (broad SMARTS) is 1. The second-order valence-corrected chi connectivity index (χ2v) is 5.17. The summed E-state index contributed by atoms with van der Waals surface area (Å²) in [5.74, 6) is 0.374. The third kappa shape index (κ3) is 3.87. The molecule has 5 nitrogen and oxygen atoms in total. The lowest BCUT2D eigenvalue weighted by atomic mass is 9.95. The monoisotopic (exact) mass is 281 g/mol. The molecular weight excluding hydrogens is 258 g/mol. The number of benzene rings is 1. The summed E-state index contributed by atoms with van der Waals surface area (Å²) < 4.78 is 11.1. The first-order valence-electron chi connectivity index (χ1n) is 6.56. The Hall–Kier alpha value is -1.75. The van der Waals surface area contributed by atoms with E-state index >= 15 is 0 Å². The Morgan fingerprint density at radius 1 is 1.45 bits per heavy atom. The number of nitrogens with one attached hydrogen (secondary N) is 1. The Morgan fingerprint density at radius 3 is 2.60 bits per heavy atom. The molecule has 0 spiro atoms. The number of carbonyl (C=O) groups is 1. The van der Waals surface area contributed by atoms with Crippen molar-refractivity contribution in [3.05, 3.63) is 23.8 Å². The molecule has 0 saturated heterocycles. The van der Waals surface area contributed by atoms with Gasteiger partial charge in [-0.25, -0.2) is 0 Å². The van der Waals surface area contributed by atoms with Crippen LogP contribution in [0.3, 0.4) is 0 Å². The summed E-state index contributed by atoms with van der Waals surface area (Å²) >= 11 is 0. The average molecular weight is 281 g/mol. The number of rotatable bonds is 7. The first-order valence-corrected chi connectivity index (χ1v) is 6.56. The summed E-state index contributed by atoms with van der Waals surface area (Å²) in [6.45, 7) is 5.46. The maximum absolute atomic E-state index is 11.3. The highest BCUT2D eigenvalue weighted by molar-refractivity contribution is 5.78. The quantitative estimate of drug-likeness (QED) is 0.802. The van der Waals surface area contributed by atoms with E-state index in [4.69, 9.17) is 9.47 Å². The van der Waals surface area contributed by atoms with Gasteiger partial charge in [-0.2, -0.15) is 0 Å². The molecule has 20 heavy (non-hydrogen) atoms. The molecule has 112 valence electrons. The molecule has 1 aromatic rings. The second-order valence-electron chi connectivity index (χ2n) is 5.17. The van der Waals surface area contributed by atoms with Crippen LogP contribution in [-0.2, 0) is 4.79 Å². The van der Waals surface area contributed by atoms with Gasteiger partial charge in [0, 0.05) is 6.42 Å². The number of ether oxygens (including phenoxy) is 2. The van der Waals surface area contributed by atoms with Crippen LogP contribution >= 0.6 is 0 Å². The number of likely N-dealkylation sites (N-methyl/N-ethyl adjacent to an activating group) is 1. The molecule has 0 fully saturated rings. The van der Waals surface area contributed by atoms with Crippen LogP contribution in [0.15, 0.2) is 18.2 Å². The Bertz CT molecular complexity index is 475. The van der Waals surface area contributed by atoms with Crippen LogP contribution in [-0.4, -0.2) is 36.9 Å². The van der Waals surface area contributed by atoms with Gasteiger partial charge >= 0.3 is 5.97 Å². The van der Waals surface area contributed by atoms with Crippen molar-refractivity contribution in [2.75, 3.05) is 14.2 Å². The molecule has 2 N–H and O–H groups in total. The van der Waals surface area contributed by atoms with Crippen LogP contribution in [0.4, 0.5) is 0 Å². The van der Waals surface area contributed by atoms with Gasteiger partial charge in [-0.05, 0) is 45.5 Å². The Labute approximate surface area is 119 Å². The van der Waals surface area contributed by atoms with Gasteiger partial charge in [0.1, 0.15) is 5.54 Å². The Balaban J connectivity index is 2.81. The molecule has 2 atom stereocenters. The van der Waals surface area contributed by atoms with E-state index in [0.29, 0.717) is 17.9 Å². The van der Waals surface area contributed by atoms with Gasteiger partial charge in [-0.1, -0.05) is 6.07 Å². The van der Waals surface area contributed by atoms with Crippen molar-refractivity contribution in [2.45, 2.75) is 38.8 Å². The SMILES string of the molecule is CNC(C)(CC(C)Oc1ccc(C)cc1OC)C(=O)O. The lowest BCUT2D eigenvalue weighted by Crippen LogP contribution is -2.50. The molecule has 5 heteroatoms. The highest BCUT2D eigenvalue weighted by atomic mass is 16.5. The zero-order valence-electron chi connectivity index (χ0n) is 12.7. The zero-order chi connectivity index (χ0) is 15.3. The van der Waals surface area contributed by atoms with Crippen LogP contribution in [0.25, 0.3) is 0 Å². The van der Waals surface area contributed by atoms with E-state index in [2.05, 4.69) is 5.32 Å². The van der Waals surface area contributed by atoms with Gasteiger partial charge in [0.15, 0.2) is 11.5 Å². The van der Waals surface area contributed by atoms with Gasteiger partial charge in [0.2, 0.25) is 0 Å². The van der Waals surface area contributed by atoms with Crippen molar-refractivity contribution in [3.8, 4) is 11.5 Å². The smallest absolute Gasteiger partial charge is 0.323 e. The highest BCUT2D eigenvalue weighted by Gasteiger charge is 2.33. The third-order valence-corrected chi connectivity index (χ3v) is 3.37. The number of hydrogen-bond acceptors (Lipinski definition) is 4. The van der Waals surface area contributed by atoms with E-state index in [1.165, 1.54) is 0 Å². The third-order valence-electron chi connectivity index (χ3n) is 3.37. The molecule has 0 aliphatic heterocycles. The molecule has 0 heterocycles. The normalized spacial score (nSPS) is 15.2. The van der Waals surface area contributed by atoms with Gasteiger partial charge in [0.05, 0.1) is 13.2 Å². The van der Waals surface area contributed by atoms with E-state index in [-0.39, 0.29) is 6.10 Å².